The Hall–Kier alpha value is -0.460. The van der Waals surface area contributed by atoms with Crippen LogP contribution in [-0.2, 0) is 10.0 Å². The molecular formula is C10H15BrN2O2S. The van der Waals surface area contributed by atoms with E-state index in [1.165, 1.54) is 12.3 Å². The maximum Gasteiger partial charge on any atom is 0.239 e. The summed E-state index contributed by atoms with van der Waals surface area (Å²) in [5, 5.41) is 5.00. The minimum absolute atomic E-state index is 0.0494. The predicted molar refractivity (Wildman–Crippen MR) is 67.0 cm³/mol. The summed E-state index contributed by atoms with van der Waals surface area (Å²) in [4.78, 5) is 4.49. The quantitative estimate of drug-likeness (QED) is 0.865. The molecule has 0 aliphatic heterocycles. The zero-order valence-electron chi connectivity index (χ0n) is 9.22. The third-order valence-corrected chi connectivity index (χ3v) is 4.00. The van der Waals surface area contributed by atoms with Crippen molar-refractivity contribution in [1.82, 2.24) is 4.98 Å². The van der Waals surface area contributed by atoms with E-state index < -0.39 is 10.0 Å². The summed E-state index contributed by atoms with van der Waals surface area (Å²) in [5.41, 5.74) is 0.874. The van der Waals surface area contributed by atoms with Gasteiger partial charge in [0.25, 0.3) is 0 Å². The monoisotopic (exact) mass is 306 g/mol. The first-order valence-electron chi connectivity index (χ1n) is 4.99. The molecule has 0 aliphatic rings. The van der Waals surface area contributed by atoms with Crippen molar-refractivity contribution in [2.45, 2.75) is 35.9 Å². The van der Waals surface area contributed by atoms with Gasteiger partial charge in [-0.3, -0.25) is 4.98 Å². The highest BCUT2D eigenvalue weighted by Crippen LogP contribution is 2.26. The Bertz CT molecular complexity index is 442. The molecule has 0 amide bonds. The molecular weight excluding hydrogens is 292 g/mol. The number of alkyl halides is 1. The van der Waals surface area contributed by atoms with Crippen LogP contribution < -0.4 is 5.14 Å². The van der Waals surface area contributed by atoms with Crippen LogP contribution in [0.2, 0.25) is 0 Å². The topological polar surface area (TPSA) is 73.1 Å². The van der Waals surface area contributed by atoms with Crippen LogP contribution in [0.4, 0.5) is 0 Å². The number of aromatic nitrogens is 1. The summed E-state index contributed by atoms with van der Waals surface area (Å²) in [7, 11) is -3.65. The number of halogens is 1. The van der Waals surface area contributed by atoms with E-state index in [1.54, 1.807) is 6.07 Å². The molecule has 0 saturated heterocycles. The third-order valence-electron chi connectivity index (χ3n) is 2.46. The SMILES string of the molecule is CCC(c1ccc(S(N)(=O)=O)cn1)C(C)Br. The fraction of sp³-hybridized carbons (Fsp3) is 0.500. The molecule has 0 radical (unpaired) electrons. The second-order valence-corrected chi connectivity index (χ2v) is 6.66. The summed E-state index contributed by atoms with van der Waals surface area (Å²) in [6.07, 6.45) is 2.25. The summed E-state index contributed by atoms with van der Waals surface area (Å²) in [6.45, 7) is 4.11. The summed E-state index contributed by atoms with van der Waals surface area (Å²) < 4.78 is 22.1. The Morgan fingerprint density at radius 2 is 2.12 bits per heavy atom. The first-order valence-corrected chi connectivity index (χ1v) is 7.45. The van der Waals surface area contributed by atoms with Gasteiger partial charge in [-0.1, -0.05) is 29.8 Å². The molecule has 0 aliphatic carbocycles. The predicted octanol–water partition coefficient (Wildman–Crippen LogP) is 2.01. The van der Waals surface area contributed by atoms with Crippen LogP contribution in [0.15, 0.2) is 23.2 Å². The van der Waals surface area contributed by atoms with Gasteiger partial charge in [-0.15, -0.1) is 0 Å². The van der Waals surface area contributed by atoms with Gasteiger partial charge in [-0.25, -0.2) is 13.6 Å². The average molecular weight is 307 g/mol. The van der Waals surface area contributed by atoms with Gasteiger partial charge in [-0.2, -0.15) is 0 Å². The van der Waals surface area contributed by atoms with Gasteiger partial charge in [0.05, 0.1) is 0 Å². The number of hydrogen-bond donors (Lipinski definition) is 1. The van der Waals surface area contributed by atoms with Crippen molar-refractivity contribution in [3.8, 4) is 0 Å². The number of sulfonamides is 1. The third kappa shape index (κ3) is 3.26. The van der Waals surface area contributed by atoms with E-state index in [4.69, 9.17) is 5.14 Å². The normalized spacial score (nSPS) is 15.8. The lowest BCUT2D eigenvalue weighted by Crippen LogP contribution is -2.14. The Labute approximate surface area is 104 Å². The highest BCUT2D eigenvalue weighted by molar-refractivity contribution is 9.09. The lowest BCUT2D eigenvalue weighted by Gasteiger charge is -2.16. The molecule has 0 spiro atoms. The molecule has 0 aromatic carbocycles. The molecule has 6 heteroatoms. The van der Waals surface area contributed by atoms with Crippen LogP contribution in [-0.4, -0.2) is 18.2 Å². The highest BCUT2D eigenvalue weighted by Gasteiger charge is 2.17. The lowest BCUT2D eigenvalue weighted by atomic mass is 9.99. The molecule has 1 aromatic heterocycles. The molecule has 16 heavy (non-hydrogen) atoms. The number of primary sulfonamides is 1. The van der Waals surface area contributed by atoms with Crippen LogP contribution in [0.25, 0.3) is 0 Å². The lowest BCUT2D eigenvalue weighted by molar-refractivity contribution is 0.596. The van der Waals surface area contributed by atoms with Gasteiger partial charge >= 0.3 is 0 Å². The molecule has 2 N–H and O–H groups in total. The number of hydrogen-bond acceptors (Lipinski definition) is 3. The molecule has 1 heterocycles. The van der Waals surface area contributed by atoms with Crippen molar-refractivity contribution < 1.29 is 8.42 Å². The van der Waals surface area contributed by atoms with Crippen molar-refractivity contribution in [2.24, 2.45) is 5.14 Å². The fourth-order valence-corrected chi connectivity index (χ4v) is 2.65. The van der Waals surface area contributed by atoms with Crippen molar-refractivity contribution in [3.05, 3.63) is 24.0 Å². The van der Waals surface area contributed by atoms with Crippen LogP contribution in [0.1, 0.15) is 31.9 Å². The number of pyridine rings is 1. The van der Waals surface area contributed by atoms with Gasteiger partial charge in [0.15, 0.2) is 0 Å². The average Bonchev–Trinajstić information content (AvgIpc) is 2.17. The minimum Gasteiger partial charge on any atom is -0.260 e. The fourth-order valence-electron chi connectivity index (χ4n) is 1.55. The molecule has 4 nitrogen and oxygen atoms in total. The van der Waals surface area contributed by atoms with E-state index in [2.05, 4.69) is 27.8 Å². The number of nitrogens with zero attached hydrogens (tertiary/aromatic N) is 1. The van der Waals surface area contributed by atoms with Crippen molar-refractivity contribution in [1.29, 1.82) is 0 Å². The molecule has 1 rings (SSSR count). The van der Waals surface area contributed by atoms with E-state index in [0.717, 1.165) is 12.1 Å². The first kappa shape index (κ1) is 13.6. The van der Waals surface area contributed by atoms with Crippen LogP contribution in [0.5, 0.6) is 0 Å². The van der Waals surface area contributed by atoms with E-state index in [0.29, 0.717) is 4.83 Å². The second kappa shape index (κ2) is 5.25. The molecule has 90 valence electrons. The second-order valence-electron chi connectivity index (χ2n) is 3.66. The Balaban J connectivity index is 3.03. The minimum atomic E-state index is -3.65. The van der Waals surface area contributed by atoms with E-state index >= 15 is 0 Å². The van der Waals surface area contributed by atoms with Gasteiger partial charge in [-0.05, 0) is 18.6 Å². The van der Waals surface area contributed by atoms with Gasteiger partial charge in [0.2, 0.25) is 10.0 Å². The van der Waals surface area contributed by atoms with Crippen molar-refractivity contribution in [2.75, 3.05) is 0 Å². The van der Waals surface area contributed by atoms with E-state index in [1.807, 2.05) is 6.92 Å². The van der Waals surface area contributed by atoms with Crippen LogP contribution in [0.3, 0.4) is 0 Å². The van der Waals surface area contributed by atoms with E-state index in [9.17, 15) is 8.42 Å². The molecule has 2 atom stereocenters. The smallest absolute Gasteiger partial charge is 0.239 e. The standard InChI is InChI=1S/C10H15BrN2O2S/c1-3-9(7(2)11)10-5-4-8(6-13-10)16(12,14)15/h4-7,9H,3H2,1-2H3,(H2,12,14,15). The molecule has 1 aromatic rings. The molecule has 0 fully saturated rings. The Morgan fingerprint density at radius 1 is 1.50 bits per heavy atom. The zero-order chi connectivity index (χ0) is 12.3. The van der Waals surface area contributed by atoms with E-state index in [-0.39, 0.29) is 10.8 Å². The first-order chi connectivity index (χ1) is 7.36. The van der Waals surface area contributed by atoms with Crippen molar-refractivity contribution in [3.63, 3.8) is 0 Å². The van der Waals surface area contributed by atoms with Gasteiger partial charge in [0.1, 0.15) is 4.90 Å². The highest BCUT2D eigenvalue weighted by atomic mass is 79.9. The summed E-state index contributed by atoms with van der Waals surface area (Å²) >= 11 is 3.51. The Morgan fingerprint density at radius 3 is 2.44 bits per heavy atom. The largest absolute Gasteiger partial charge is 0.260 e. The summed E-state index contributed by atoms with van der Waals surface area (Å²) in [6, 6.07) is 3.21. The van der Waals surface area contributed by atoms with Gasteiger partial charge < -0.3 is 0 Å². The van der Waals surface area contributed by atoms with Crippen molar-refractivity contribution >= 4 is 26.0 Å². The number of rotatable bonds is 4. The molecule has 2 unspecified atom stereocenters. The summed E-state index contributed by atoms with van der Waals surface area (Å²) in [5.74, 6) is 0.273. The van der Waals surface area contributed by atoms with Crippen LogP contribution in [0, 0.1) is 0 Å². The zero-order valence-corrected chi connectivity index (χ0v) is 11.6. The van der Waals surface area contributed by atoms with Gasteiger partial charge in [0, 0.05) is 22.6 Å². The molecule has 0 bridgehead atoms. The maximum absolute atomic E-state index is 11.0. The molecule has 0 saturated carbocycles. The van der Waals surface area contributed by atoms with Crippen LogP contribution >= 0.6 is 15.9 Å². The maximum atomic E-state index is 11.0. The Kier molecular flexibility index (Phi) is 4.46. The number of nitrogens with two attached hydrogens (primary N) is 1.